The lowest BCUT2D eigenvalue weighted by Gasteiger charge is -1.89. The van der Waals surface area contributed by atoms with E-state index in [1.807, 2.05) is 38.2 Å². The quantitative estimate of drug-likeness (QED) is 0.479. The fraction of sp³-hybridized carbons (Fsp3) is 0.333. The molecule has 76 valence electrons. The molecule has 0 aliphatic rings. The molecule has 0 aliphatic carbocycles. The second-order valence-corrected chi connectivity index (χ2v) is 3.15. The Morgan fingerprint density at radius 1 is 0.857 bits per heavy atom. The average Bonchev–Trinajstić information content (AvgIpc) is 2.13. The SMILES string of the molecule is CC(=CC=CC=C(C)CC=O)CC=O. The van der Waals surface area contributed by atoms with Gasteiger partial charge in [0.25, 0.3) is 0 Å². The summed E-state index contributed by atoms with van der Waals surface area (Å²) in [5.74, 6) is 0. The smallest absolute Gasteiger partial charge is 0.124 e. The van der Waals surface area contributed by atoms with Crippen LogP contribution in [0, 0.1) is 0 Å². The second-order valence-electron chi connectivity index (χ2n) is 3.15. The summed E-state index contributed by atoms with van der Waals surface area (Å²) in [6.07, 6.45) is 10.2. The lowest BCUT2D eigenvalue weighted by atomic mass is 10.2. The Balaban J connectivity index is 4.05. The van der Waals surface area contributed by atoms with Gasteiger partial charge in [-0.15, -0.1) is 0 Å². The maximum Gasteiger partial charge on any atom is 0.124 e. The summed E-state index contributed by atoms with van der Waals surface area (Å²) >= 11 is 0. The van der Waals surface area contributed by atoms with Gasteiger partial charge in [-0.3, -0.25) is 0 Å². The van der Waals surface area contributed by atoms with Gasteiger partial charge < -0.3 is 9.59 Å². The Labute approximate surface area is 85.0 Å². The maximum atomic E-state index is 10.1. The van der Waals surface area contributed by atoms with Gasteiger partial charge in [-0.25, -0.2) is 0 Å². The molecule has 0 spiro atoms. The van der Waals surface area contributed by atoms with Crippen molar-refractivity contribution < 1.29 is 9.59 Å². The minimum atomic E-state index is 0.474. The Bertz CT molecular complexity index is 242. The van der Waals surface area contributed by atoms with Crippen molar-refractivity contribution in [1.82, 2.24) is 0 Å². The highest BCUT2D eigenvalue weighted by Gasteiger charge is 1.84. The third-order valence-electron chi connectivity index (χ3n) is 1.68. The normalized spacial score (nSPS) is 13.3. The molecule has 0 aromatic carbocycles. The van der Waals surface area contributed by atoms with E-state index in [4.69, 9.17) is 0 Å². The molecule has 0 aliphatic heterocycles. The Hall–Kier alpha value is -1.44. The third-order valence-corrected chi connectivity index (χ3v) is 1.68. The molecule has 0 unspecified atom stereocenters. The molecule has 2 nitrogen and oxygen atoms in total. The van der Waals surface area contributed by atoms with E-state index >= 15 is 0 Å². The van der Waals surface area contributed by atoms with Crippen LogP contribution in [0.2, 0.25) is 0 Å². The van der Waals surface area contributed by atoms with E-state index in [2.05, 4.69) is 0 Å². The molecule has 2 heteroatoms. The summed E-state index contributed by atoms with van der Waals surface area (Å²) in [4.78, 5) is 20.3. The molecular weight excluding hydrogens is 176 g/mol. The van der Waals surface area contributed by atoms with Gasteiger partial charge in [0.2, 0.25) is 0 Å². The van der Waals surface area contributed by atoms with Crippen LogP contribution in [0.1, 0.15) is 26.7 Å². The predicted molar refractivity (Wildman–Crippen MR) is 58.0 cm³/mol. The zero-order chi connectivity index (χ0) is 10.8. The van der Waals surface area contributed by atoms with Crippen LogP contribution in [0.3, 0.4) is 0 Å². The van der Waals surface area contributed by atoms with Gasteiger partial charge >= 0.3 is 0 Å². The zero-order valence-corrected chi connectivity index (χ0v) is 8.69. The molecule has 0 aromatic heterocycles. The number of carbonyl (C=O) groups excluding carboxylic acids is 2. The van der Waals surface area contributed by atoms with Crippen LogP contribution in [0.15, 0.2) is 35.5 Å². The molecular formula is C12H16O2. The molecule has 0 radical (unpaired) electrons. The molecule has 0 saturated carbocycles. The first-order valence-corrected chi connectivity index (χ1v) is 4.57. The van der Waals surface area contributed by atoms with E-state index in [0.717, 1.165) is 23.7 Å². The molecule has 0 atom stereocenters. The Kier molecular flexibility index (Phi) is 7.33. The van der Waals surface area contributed by atoms with Crippen molar-refractivity contribution in [3.8, 4) is 0 Å². The van der Waals surface area contributed by atoms with E-state index in [9.17, 15) is 9.59 Å². The molecule has 0 saturated heterocycles. The van der Waals surface area contributed by atoms with Gasteiger partial charge in [0.1, 0.15) is 12.6 Å². The topological polar surface area (TPSA) is 34.1 Å². The standard InChI is InChI=1S/C12H16O2/c1-11(7-9-13)5-3-4-6-12(2)8-10-14/h3-6,9-10H,7-8H2,1-2H3. The minimum Gasteiger partial charge on any atom is -0.303 e. The van der Waals surface area contributed by atoms with Crippen LogP contribution in [-0.4, -0.2) is 12.6 Å². The zero-order valence-electron chi connectivity index (χ0n) is 8.69. The molecule has 0 fully saturated rings. The lowest BCUT2D eigenvalue weighted by Crippen LogP contribution is -1.77. The van der Waals surface area contributed by atoms with Gasteiger partial charge in [-0.1, -0.05) is 35.5 Å². The van der Waals surface area contributed by atoms with Crippen molar-refractivity contribution >= 4 is 12.6 Å². The number of hydrogen-bond donors (Lipinski definition) is 0. The molecule has 0 N–H and O–H groups in total. The molecule has 0 rings (SSSR count). The monoisotopic (exact) mass is 192 g/mol. The summed E-state index contributed by atoms with van der Waals surface area (Å²) in [5.41, 5.74) is 2.05. The average molecular weight is 192 g/mol. The van der Waals surface area contributed by atoms with Crippen molar-refractivity contribution in [2.45, 2.75) is 26.7 Å². The first-order chi connectivity index (χ1) is 6.70. The molecule has 0 aromatic rings. The van der Waals surface area contributed by atoms with Crippen molar-refractivity contribution in [1.29, 1.82) is 0 Å². The number of rotatable bonds is 6. The van der Waals surface area contributed by atoms with Crippen LogP contribution < -0.4 is 0 Å². The third kappa shape index (κ3) is 7.22. The fourth-order valence-electron chi connectivity index (χ4n) is 0.839. The first kappa shape index (κ1) is 12.6. The highest BCUT2D eigenvalue weighted by Crippen LogP contribution is 1.99. The van der Waals surface area contributed by atoms with E-state index in [0.29, 0.717) is 12.8 Å². The van der Waals surface area contributed by atoms with Gasteiger partial charge in [0.15, 0.2) is 0 Å². The van der Waals surface area contributed by atoms with Crippen molar-refractivity contribution in [2.75, 3.05) is 0 Å². The molecule has 14 heavy (non-hydrogen) atoms. The molecule has 0 bridgehead atoms. The lowest BCUT2D eigenvalue weighted by molar-refractivity contribution is -0.108. The van der Waals surface area contributed by atoms with E-state index < -0.39 is 0 Å². The highest BCUT2D eigenvalue weighted by molar-refractivity contribution is 5.54. The largest absolute Gasteiger partial charge is 0.303 e. The van der Waals surface area contributed by atoms with E-state index in [-0.39, 0.29) is 0 Å². The van der Waals surface area contributed by atoms with Gasteiger partial charge in [-0.05, 0) is 13.8 Å². The van der Waals surface area contributed by atoms with Gasteiger partial charge in [0.05, 0.1) is 0 Å². The minimum absolute atomic E-state index is 0.474. The van der Waals surface area contributed by atoms with Crippen LogP contribution >= 0.6 is 0 Å². The number of aldehydes is 2. The summed E-state index contributed by atoms with van der Waals surface area (Å²) in [5, 5.41) is 0. The Morgan fingerprint density at radius 2 is 1.21 bits per heavy atom. The number of allylic oxidation sites excluding steroid dienone is 6. The van der Waals surface area contributed by atoms with Crippen LogP contribution in [0.25, 0.3) is 0 Å². The van der Waals surface area contributed by atoms with Gasteiger partial charge in [0, 0.05) is 12.8 Å². The van der Waals surface area contributed by atoms with Crippen molar-refractivity contribution in [2.24, 2.45) is 0 Å². The Morgan fingerprint density at radius 3 is 1.50 bits per heavy atom. The summed E-state index contributed by atoms with van der Waals surface area (Å²) in [6.45, 7) is 3.81. The summed E-state index contributed by atoms with van der Waals surface area (Å²) in [6, 6.07) is 0. The molecule has 0 amide bonds. The van der Waals surface area contributed by atoms with Crippen molar-refractivity contribution in [3.05, 3.63) is 35.5 Å². The van der Waals surface area contributed by atoms with E-state index in [1.54, 1.807) is 0 Å². The number of hydrogen-bond acceptors (Lipinski definition) is 2. The van der Waals surface area contributed by atoms with E-state index in [1.165, 1.54) is 0 Å². The molecule has 0 heterocycles. The predicted octanol–water partition coefficient (Wildman–Crippen LogP) is 2.61. The van der Waals surface area contributed by atoms with Gasteiger partial charge in [-0.2, -0.15) is 0 Å². The van der Waals surface area contributed by atoms with Crippen LogP contribution in [0.4, 0.5) is 0 Å². The fourth-order valence-corrected chi connectivity index (χ4v) is 0.839. The summed E-state index contributed by atoms with van der Waals surface area (Å²) in [7, 11) is 0. The maximum absolute atomic E-state index is 10.1. The van der Waals surface area contributed by atoms with Crippen LogP contribution in [-0.2, 0) is 9.59 Å². The van der Waals surface area contributed by atoms with Crippen molar-refractivity contribution in [3.63, 3.8) is 0 Å². The summed E-state index contributed by atoms with van der Waals surface area (Å²) < 4.78 is 0. The number of carbonyl (C=O) groups is 2. The first-order valence-electron chi connectivity index (χ1n) is 4.57. The second kappa shape index (κ2) is 8.17. The highest BCUT2D eigenvalue weighted by atomic mass is 16.1. The van der Waals surface area contributed by atoms with Crippen LogP contribution in [0.5, 0.6) is 0 Å².